The zero-order valence-corrected chi connectivity index (χ0v) is 11.5. The van der Waals surface area contributed by atoms with E-state index >= 15 is 0 Å². The molecule has 100 valence electrons. The first-order valence-electron chi connectivity index (χ1n) is 5.63. The van der Waals surface area contributed by atoms with Crippen molar-refractivity contribution in [2.45, 2.75) is 11.8 Å². The van der Waals surface area contributed by atoms with Gasteiger partial charge in [-0.1, -0.05) is 0 Å². The van der Waals surface area contributed by atoms with Gasteiger partial charge in [-0.15, -0.1) is 16.9 Å². The first-order chi connectivity index (χ1) is 9.17. The lowest BCUT2D eigenvalue weighted by Gasteiger charge is -2.03. The minimum atomic E-state index is -0.139. The lowest BCUT2D eigenvalue weighted by atomic mass is 10.3. The maximum absolute atomic E-state index is 11.7. The number of thioether (sulfide) groups is 1. The highest BCUT2D eigenvalue weighted by molar-refractivity contribution is 8.00. The number of methoxy groups -OCH3 is 1. The zero-order valence-electron chi connectivity index (χ0n) is 10.6. The molecule has 0 fully saturated rings. The Labute approximate surface area is 115 Å². The van der Waals surface area contributed by atoms with Gasteiger partial charge in [-0.05, 0) is 31.2 Å². The van der Waals surface area contributed by atoms with Crippen molar-refractivity contribution in [2.24, 2.45) is 0 Å². The summed E-state index contributed by atoms with van der Waals surface area (Å²) in [5.41, 5.74) is 0. The summed E-state index contributed by atoms with van der Waals surface area (Å²) < 4.78 is 5.07. The van der Waals surface area contributed by atoms with Crippen LogP contribution >= 0.6 is 11.8 Å². The molecular formula is C12H14N4O2S. The molecule has 19 heavy (non-hydrogen) atoms. The number of aromatic amines is 1. The molecule has 0 aliphatic heterocycles. The van der Waals surface area contributed by atoms with Crippen LogP contribution in [0.1, 0.15) is 5.82 Å². The molecule has 0 saturated heterocycles. The molecule has 2 rings (SSSR count). The minimum Gasteiger partial charge on any atom is -0.497 e. The van der Waals surface area contributed by atoms with Gasteiger partial charge in [0.05, 0.1) is 12.9 Å². The van der Waals surface area contributed by atoms with Crippen molar-refractivity contribution < 1.29 is 9.53 Å². The normalized spacial score (nSPS) is 10.2. The maximum Gasteiger partial charge on any atom is 0.248 e. The Morgan fingerprint density at radius 1 is 1.42 bits per heavy atom. The van der Waals surface area contributed by atoms with Crippen LogP contribution in [0.4, 0.5) is 5.95 Å². The highest BCUT2D eigenvalue weighted by Gasteiger charge is 2.06. The van der Waals surface area contributed by atoms with Crippen LogP contribution in [0.15, 0.2) is 29.2 Å². The summed E-state index contributed by atoms with van der Waals surface area (Å²) >= 11 is 1.44. The Balaban J connectivity index is 1.82. The van der Waals surface area contributed by atoms with E-state index in [1.807, 2.05) is 24.3 Å². The van der Waals surface area contributed by atoms with Gasteiger partial charge in [-0.25, -0.2) is 0 Å². The average Bonchev–Trinajstić information content (AvgIpc) is 2.82. The number of nitrogens with zero attached hydrogens (tertiary/aromatic N) is 2. The Morgan fingerprint density at radius 2 is 2.16 bits per heavy atom. The molecule has 0 aliphatic rings. The number of H-pyrrole nitrogens is 1. The number of carbonyl (C=O) groups is 1. The van der Waals surface area contributed by atoms with Gasteiger partial charge in [0.1, 0.15) is 11.6 Å². The average molecular weight is 278 g/mol. The van der Waals surface area contributed by atoms with Crippen LogP contribution in [0.2, 0.25) is 0 Å². The molecule has 1 aromatic carbocycles. The summed E-state index contributed by atoms with van der Waals surface area (Å²) in [5, 5.41) is 9.12. The number of ether oxygens (including phenoxy) is 1. The molecular weight excluding hydrogens is 264 g/mol. The third-order valence-corrected chi connectivity index (χ3v) is 3.29. The van der Waals surface area contributed by atoms with E-state index in [-0.39, 0.29) is 5.91 Å². The monoisotopic (exact) mass is 278 g/mol. The van der Waals surface area contributed by atoms with Crippen LogP contribution < -0.4 is 10.1 Å². The van der Waals surface area contributed by atoms with Crippen molar-refractivity contribution >= 4 is 23.6 Å². The van der Waals surface area contributed by atoms with Gasteiger partial charge in [0.15, 0.2) is 0 Å². The van der Waals surface area contributed by atoms with E-state index in [9.17, 15) is 4.79 Å². The molecule has 0 atom stereocenters. The Morgan fingerprint density at radius 3 is 2.74 bits per heavy atom. The van der Waals surface area contributed by atoms with Crippen molar-refractivity contribution in [3.05, 3.63) is 30.1 Å². The summed E-state index contributed by atoms with van der Waals surface area (Å²) in [6.07, 6.45) is 0. The second-order valence-electron chi connectivity index (χ2n) is 3.76. The molecule has 1 amide bonds. The largest absolute Gasteiger partial charge is 0.497 e. The molecule has 0 bridgehead atoms. The van der Waals surface area contributed by atoms with Gasteiger partial charge >= 0.3 is 0 Å². The number of amides is 1. The maximum atomic E-state index is 11.7. The lowest BCUT2D eigenvalue weighted by Crippen LogP contribution is -2.15. The number of anilines is 1. The lowest BCUT2D eigenvalue weighted by molar-refractivity contribution is -0.113. The highest BCUT2D eigenvalue weighted by Crippen LogP contribution is 2.21. The SMILES string of the molecule is COc1ccc(SCC(=O)Nc2n[nH]c(C)n2)cc1. The number of hydrogen-bond acceptors (Lipinski definition) is 5. The zero-order chi connectivity index (χ0) is 13.7. The fraction of sp³-hybridized carbons (Fsp3) is 0.250. The van der Waals surface area contributed by atoms with Crippen molar-refractivity contribution in [1.82, 2.24) is 15.2 Å². The van der Waals surface area contributed by atoms with Crippen molar-refractivity contribution in [2.75, 3.05) is 18.2 Å². The van der Waals surface area contributed by atoms with Crippen molar-refractivity contribution in [3.8, 4) is 5.75 Å². The van der Waals surface area contributed by atoms with E-state index in [4.69, 9.17) is 4.74 Å². The van der Waals surface area contributed by atoms with Crippen LogP contribution in [0.3, 0.4) is 0 Å². The second kappa shape index (κ2) is 6.24. The summed E-state index contributed by atoms with van der Waals surface area (Å²) in [5.74, 6) is 1.93. The Bertz CT molecular complexity index is 553. The second-order valence-corrected chi connectivity index (χ2v) is 4.81. The van der Waals surface area contributed by atoms with Crippen LogP contribution in [0.25, 0.3) is 0 Å². The standard InChI is InChI=1S/C12H14N4O2S/c1-8-13-12(16-15-8)14-11(17)7-19-10-5-3-9(18-2)4-6-10/h3-6H,7H2,1-2H3,(H2,13,14,15,16,17). The molecule has 1 aromatic heterocycles. The van der Waals surface area contributed by atoms with Crippen LogP contribution in [-0.4, -0.2) is 34.0 Å². The third kappa shape index (κ3) is 3.99. The molecule has 7 heteroatoms. The van der Waals surface area contributed by atoms with Gasteiger partial charge in [-0.3, -0.25) is 15.2 Å². The number of rotatable bonds is 5. The van der Waals surface area contributed by atoms with E-state index < -0.39 is 0 Å². The molecule has 0 saturated carbocycles. The molecule has 0 radical (unpaired) electrons. The Hall–Kier alpha value is -2.02. The van der Waals surface area contributed by atoms with Crippen LogP contribution in [-0.2, 0) is 4.79 Å². The number of aryl methyl sites for hydroxylation is 1. The summed E-state index contributed by atoms with van der Waals surface area (Å²) in [7, 11) is 1.62. The van der Waals surface area contributed by atoms with E-state index in [0.29, 0.717) is 17.5 Å². The number of aromatic nitrogens is 3. The van der Waals surface area contributed by atoms with E-state index in [1.54, 1.807) is 14.0 Å². The van der Waals surface area contributed by atoms with Crippen molar-refractivity contribution in [3.63, 3.8) is 0 Å². The van der Waals surface area contributed by atoms with E-state index in [2.05, 4.69) is 20.5 Å². The summed E-state index contributed by atoms with van der Waals surface area (Å²) in [6, 6.07) is 7.54. The number of hydrogen-bond donors (Lipinski definition) is 2. The quantitative estimate of drug-likeness (QED) is 0.816. The first-order valence-corrected chi connectivity index (χ1v) is 6.61. The van der Waals surface area contributed by atoms with E-state index in [0.717, 1.165) is 10.6 Å². The summed E-state index contributed by atoms with van der Waals surface area (Å²) in [4.78, 5) is 16.7. The topological polar surface area (TPSA) is 79.9 Å². The molecule has 2 aromatic rings. The number of carbonyl (C=O) groups excluding carboxylic acids is 1. The summed E-state index contributed by atoms with van der Waals surface area (Å²) in [6.45, 7) is 1.77. The fourth-order valence-electron chi connectivity index (χ4n) is 1.38. The molecule has 1 heterocycles. The highest BCUT2D eigenvalue weighted by atomic mass is 32.2. The van der Waals surface area contributed by atoms with Gasteiger partial charge in [0.2, 0.25) is 11.9 Å². The number of benzene rings is 1. The predicted octanol–water partition coefficient (Wildman–Crippen LogP) is 1.85. The molecule has 6 nitrogen and oxygen atoms in total. The van der Waals surface area contributed by atoms with Gasteiger partial charge in [0.25, 0.3) is 0 Å². The smallest absolute Gasteiger partial charge is 0.248 e. The predicted molar refractivity (Wildman–Crippen MR) is 73.5 cm³/mol. The van der Waals surface area contributed by atoms with Crippen LogP contribution in [0.5, 0.6) is 5.75 Å². The molecule has 0 aliphatic carbocycles. The minimum absolute atomic E-state index is 0.139. The van der Waals surface area contributed by atoms with Gasteiger partial charge in [-0.2, -0.15) is 4.98 Å². The van der Waals surface area contributed by atoms with Gasteiger partial charge in [0, 0.05) is 4.90 Å². The number of nitrogens with one attached hydrogen (secondary N) is 2. The van der Waals surface area contributed by atoms with Crippen molar-refractivity contribution in [1.29, 1.82) is 0 Å². The van der Waals surface area contributed by atoms with Gasteiger partial charge < -0.3 is 4.74 Å². The molecule has 2 N–H and O–H groups in total. The first kappa shape index (κ1) is 13.4. The Kier molecular flexibility index (Phi) is 4.40. The fourth-order valence-corrected chi connectivity index (χ4v) is 2.08. The molecule has 0 spiro atoms. The third-order valence-electron chi connectivity index (χ3n) is 2.28. The van der Waals surface area contributed by atoms with E-state index in [1.165, 1.54) is 11.8 Å². The molecule has 0 unspecified atom stereocenters. The van der Waals surface area contributed by atoms with Crippen LogP contribution in [0, 0.1) is 6.92 Å².